The van der Waals surface area contributed by atoms with E-state index < -0.39 is 29.2 Å². The Labute approximate surface area is 169 Å². The molecule has 0 aromatic heterocycles. The Morgan fingerprint density at radius 2 is 1.93 bits per heavy atom. The van der Waals surface area contributed by atoms with E-state index in [1.807, 2.05) is 20.8 Å². The van der Waals surface area contributed by atoms with Gasteiger partial charge < -0.3 is 10.6 Å². The molecule has 5 nitrogen and oxygen atoms in total. The summed E-state index contributed by atoms with van der Waals surface area (Å²) in [6.45, 7) is 7.35. The van der Waals surface area contributed by atoms with Gasteiger partial charge in [0.15, 0.2) is 0 Å². The molecule has 2 aliphatic heterocycles. The molecule has 9 heteroatoms. The van der Waals surface area contributed by atoms with Crippen molar-refractivity contribution < 1.29 is 18.0 Å². The van der Waals surface area contributed by atoms with Crippen molar-refractivity contribution in [2.45, 2.75) is 51.5 Å². The zero-order chi connectivity index (χ0) is 19.8. The van der Waals surface area contributed by atoms with Crippen molar-refractivity contribution in [1.82, 2.24) is 21.5 Å². The van der Waals surface area contributed by atoms with Gasteiger partial charge in [0.2, 0.25) is 5.91 Å². The fourth-order valence-corrected chi connectivity index (χ4v) is 3.90. The summed E-state index contributed by atoms with van der Waals surface area (Å²) in [5.41, 5.74) is 5.53. The van der Waals surface area contributed by atoms with Crippen molar-refractivity contribution in [3.63, 3.8) is 0 Å². The molecule has 2 aliphatic rings. The van der Waals surface area contributed by atoms with Gasteiger partial charge in [0.25, 0.3) is 0 Å². The first-order valence-corrected chi connectivity index (χ1v) is 9.26. The summed E-state index contributed by atoms with van der Waals surface area (Å²) < 4.78 is 39.3. The summed E-state index contributed by atoms with van der Waals surface area (Å²) in [4.78, 5) is 12.9. The number of halogens is 4. The Morgan fingerprint density at radius 1 is 1.21 bits per heavy atom. The Hall–Kier alpha value is -1.35. The number of fused-ring (bicyclic) bond motifs is 1. The van der Waals surface area contributed by atoms with Gasteiger partial charge in [0.05, 0.1) is 11.6 Å². The zero-order valence-electron chi connectivity index (χ0n) is 16.2. The molecule has 0 aliphatic carbocycles. The minimum atomic E-state index is -4.42. The number of amides is 1. The minimum absolute atomic E-state index is 0. The van der Waals surface area contributed by atoms with Gasteiger partial charge in [-0.25, -0.2) is 5.43 Å². The molecule has 0 radical (unpaired) electrons. The summed E-state index contributed by atoms with van der Waals surface area (Å²) in [5, 5.41) is 6.29. The van der Waals surface area contributed by atoms with Crippen molar-refractivity contribution in [2.75, 3.05) is 13.1 Å². The van der Waals surface area contributed by atoms with Crippen LogP contribution in [0.4, 0.5) is 13.2 Å². The van der Waals surface area contributed by atoms with Gasteiger partial charge in [0, 0.05) is 18.5 Å². The van der Waals surface area contributed by atoms with Crippen LogP contribution in [0, 0.1) is 11.3 Å². The van der Waals surface area contributed by atoms with Crippen LogP contribution in [0.2, 0.25) is 0 Å². The second-order valence-electron chi connectivity index (χ2n) is 8.46. The molecule has 2 heterocycles. The lowest BCUT2D eigenvalue weighted by Crippen LogP contribution is -2.51. The van der Waals surface area contributed by atoms with Crippen LogP contribution in [0.5, 0.6) is 0 Å². The molecule has 2 fully saturated rings. The predicted molar refractivity (Wildman–Crippen MR) is 104 cm³/mol. The van der Waals surface area contributed by atoms with E-state index in [0.717, 1.165) is 31.6 Å². The van der Waals surface area contributed by atoms with E-state index in [4.69, 9.17) is 0 Å². The largest absolute Gasteiger partial charge is 0.416 e. The molecule has 28 heavy (non-hydrogen) atoms. The normalized spacial score (nSPS) is 26.1. The van der Waals surface area contributed by atoms with Crippen molar-refractivity contribution in [1.29, 1.82) is 0 Å². The van der Waals surface area contributed by atoms with E-state index in [9.17, 15) is 18.0 Å². The van der Waals surface area contributed by atoms with Crippen LogP contribution in [-0.4, -0.2) is 31.1 Å². The highest BCUT2D eigenvalue weighted by Crippen LogP contribution is 2.36. The molecule has 1 amide bonds. The number of piperidine rings is 1. The fraction of sp³-hybridized carbons (Fsp3) is 0.632. The van der Waals surface area contributed by atoms with E-state index >= 15 is 0 Å². The number of benzene rings is 1. The predicted octanol–water partition coefficient (Wildman–Crippen LogP) is 2.79. The third kappa shape index (κ3) is 4.97. The first-order valence-electron chi connectivity index (χ1n) is 9.26. The van der Waals surface area contributed by atoms with Gasteiger partial charge in [-0.2, -0.15) is 13.2 Å². The van der Waals surface area contributed by atoms with Crippen molar-refractivity contribution in [3.05, 3.63) is 35.4 Å². The molecule has 1 aromatic carbocycles. The molecule has 158 valence electrons. The lowest BCUT2D eigenvalue weighted by Gasteiger charge is -2.34. The third-order valence-corrected chi connectivity index (χ3v) is 5.36. The highest BCUT2D eigenvalue weighted by atomic mass is 35.5. The first kappa shape index (κ1) is 22.9. The molecular weight excluding hydrogens is 393 g/mol. The second kappa shape index (κ2) is 8.57. The summed E-state index contributed by atoms with van der Waals surface area (Å²) >= 11 is 0. The van der Waals surface area contributed by atoms with Gasteiger partial charge in [-0.05, 0) is 36.1 Å². The van der Waals surface area contributed by atoms with Gasteiger partial charge in [0.1, 0.15) is 6.04 Å². The van der Waals surface area contributed by atoms with Crippen LogP contribution >= 0.6 is 12.4 Å². The number of carbonyl (C=O) groups is 1. The number of carbonyl (C=O) groups excluding carboxylic acids is 1. The highest BCUT2D eigenvalue weighted by Gasteiger charge is 2.42. The molecule has 1 aromatic rings. The Balaban J connectivity index is 0.00000280. The molecule has 4 N–H and O–H groups in total. The molecule has 0 saturated carbocycles. The van der Waals surface area contributed by atoms with E-state index in [2.05, 4.69) is 21.5 Å². The van der Waals surface area contributed by atoms with E-state index in [1.54, 1.807) is 6.07 Å². The Bertz CT molecular complexity index is 692. The van der Waals surface area contributed by atoms with E-state index in [0.29, 0.717) is 5.56 Å². The molecule has 2 saturated heterocycles. The summed E-state index contributed by atoms with van der Waals surface area (Å²) in [6.07, 6.45) is -3.49. The van der Waals surface area contributed by atoms with Gasteiger partial charge >= 0.3 is 6.18 Å². The maximum Gasteiger partial charge on any atom is 0.416 e. The number of hydrogen-bond acceptors (Lipinski definition) is 4. The highest BCUT2D eigenvalue weighted by molar-refractivity contribution is 5.85. The summed E-state index contributed by atoms with van der Waals surface area (Å²) in [5.74, 6) is -0.0862. The second-order valence-corrected chi connectivity index (χ2v) is 8.46. The van der Waals surface area contributed by atoms with Crippen molar-refractivity contribution in [2.24, 2.45) is 11.3 Å². The van der Waals surface area contributed by atoms with E-state index in [1.165, 1.54) is 6.07 Å². The third-order valence-electron chi connectivity index (χ3n) is 5.36. The van der Waals surface area contributed by atoms with Gasteiger partial charge in [-0.1, -0.05) is 32.9 Å². The molecule has 4 atom stereocenters. The standard InChI is InChI=1S/C19H27F3N4O.ClH/c1-18(2,3)16(11-5-4-6-12(9-11)19(20,21)22)24-17(27)15-13-10-23-8-7-14(13)25-26-15;/h4-6,9,13-16,23,25-26H,7-8,10H2,1-3H3,(H,24,27);1H. The molecule has 0 bridgehead atoms. The maximum atomic E-state index is 13.1. The zero-order valence-corrected chi connectivity index (χ0v) is 17.0. The van der Waals surface area contributed by atoms with Gasteiger partial charge in [-0.3, -0.25) is 10.2 Å². The average molecular weight is 421 g/mol. The van der Waals surface area contributed by atoms with Gasteiger partial charge in [-0.15, -0.1) is 12.4 Å². The molecule has 0 spiro atoms. The summed E-state index contributed by atoms with van der Waals surface area (Å²) in [7, 11) is 0. The lowest BCUT2D eigenvalue weighted by molar-refractivity contribution is -0.137. The van der Waals surface area contributed by atoms with Crippen molar-refractivity contribution >= 4 is 18.3 Å². The molecular formula is C19H28ClF3N4O. The van der Waals surface area contributed by atoms with Crippen LogP contribution in [0.3, 0.4) is 0 Å². The van der Waals surface area contributed by atoms with Crippen LogP contribution < -0.4 is 21.5 Å². The number of hydrazine groups is 1. The van der Waals surface area contributed by atoms with Crippen LogP contribution in [0.15, 0.2) is 24.3 Å². The number of hydrogen-bond donors (Lipinski definition) is 4. The number of rotatable bonds is 3. The van der Waals surface area contributed by atoms with Crippen LogP contribution in [-0.2, 0) is 11.0 Å². The molecule has 4 unspecified atom stereocenters. The Kier molecular flexibility index (Phi) is 7.02. The Morgan fingerprint density at radius 3 is 2.57 bits per heavy atom. The monoisotopic (exact) mass is 420 g/mol. The number of nitrogens with one attached hydrogen (secondary N) is 4. The lowest BCUT2D eigenvalue weighted by atomic mass is 9.81. The number of alkyl halides is 3. The first-order chi connectivity index (χ1) is 12.6. The van der Waals surface area contributed by atoms with Crippen molar-refractivity contribution in [3.8, 4) is 0 Å². The molecule has 3 rings (SSSR count). The van der Waals surface area contributed by atoms with Crippen LogP contribution in [0.25, 0.3) is 0 Å². The quantitative estimate of drug-likeness (QED) is 0.607. The minimum Gasteiger partial charge on any atom is -0.347 e. The van der Waals surface area contributed by atoms with E-state index in [-0.39, 0.29) is 30.3 Å². The average Bonchev–Trinajstić information content (AvgIpc) is 3.02. The maximum absolute atomic E-state index is 13.1. The topological polar surface area (TPSA) is 65.2 Å². The smallest absolute Gasteiger partial charge is 0.347 e. The summed E-state index contributed by atoms with van der Waals surface area (Å²) in [6, 6.07) is 4.47. The SMILES string of the molecule is CC(C)(C)C(NC(=O)C1NNC2CCNCC21)c1cccc(C(F)(F)F)c1.Cl. The fourth-order valence-electron chi connectivity index (χ4n) is 3.90. The van der Waals surface area contributed by atoms with Crippen LogP contribution in [0.1, 0.15) is 44.4 Å².